The average molecular weight is 282 g/mol. The summed E-state index contributed by atoms with van der Waals surface area (Å²) < 4.78 is 5.30. The summed E-state index contributed by atoms with van der Waals surface area (Å²) in [4.78, 5) is 16.1. The highest BCUT2D eigenvalue weighted by molar-refractivity contribution is 6.05. The number of ether oxygens (including phenoxy) is 1. The number of nitrogens with zero attached hydrogens (tertiary/aromatic N) is 1. The number of pyridine rings is 1. The van der Waals surface area contributed by atoms with Gasteiger partial charge in [-0.3, -0.25) is 9.78 Å². The summed E-state index contributed by atoms with van der Waals surface area (Å²) in [6, 6.07) is 11.0. The fraction of sp³-hybridized carbons (Fsp3) is 0.176. The Balaban J connectivity index is 2.20. The van der Waals surface area contributed by atoms with Crippen LogP contribution in [0.2, 0.25) is 0 Å². The molecule has 2 aromatic rings. The third-order valence-corrected chi connectivity index (χ3v) is 3.05. The van der Waals surface area contributed by atoms with E-state index in [2.05, 4.69) is 10.3 Å². The predicted octanol–water partition coefficient (Wildman–Crippen LogP) is 3.68. The number of carbonyl (C=O) groups excluding carboxylic acids is 1. The smallest absolute Gasteiger partial charge is 0.187 e. The van der Waals surface area contributed by atoms with Crippen molar-refractivity contribution in [1.29, 1.82) is 0 Å². The van der Waals surface area contributed by atoms with Gasteiger partial charge in [0.05, 0.1) is 12.8 Å². The summed E-state index contributed by atoms with van der Waals surface area (Å²) >= 11 is 0. The summed E-state index contributed by atoms with van der Waals surface area (Å²) in [5, 5.41) is 3.25. The summed E-state index contributed by atoms with van der Waals surface area (Å²) in [6.45, 7) is 1.99. The van der Waals surface area contributed by atoms with E-state index in [1.54, 1.807) is 37.7 Å². The van der Waals surface area contributed by atoms with Crippen LogP contribution in [0, 0.1) is 0 Å². The van der Waals surface area contributed by atoms with Crippen molar-refractivity contribution in [2.45, 2.75) is 13.3 Å². The first kappa shape index (κ1) is 14.8. The second kappa shape index (κ2) is 7.24. The third-order valence-electron chi connectivity index (χ3n) is 3.05. The number of rotatable bonds is 6. The Morgan fingerprint density at radius 1 is 1.24 bits per heavy atom. The number of benzene rings is 1. The molecule has 21 heavy (non-hydrogen) atoms. The molecule has 1 aromatic carbocycles. The molecular weight excluding hydrogens is 264 g/mol. The molecule has 0 unspecified atom stereocenters. The zero-order chi connectivity index (χ0) is 15.1. The van der Waals surface area contributed by atoms with Gasteiger partial charge in [-0.1, -0.05) is 19.1 Å². The van der Waals surface area contributed by atoms with Crippen LogP contribution in [0.1, 0.15) is 23.7 Å². The van der Waals surface area contributed by atoms with Gasteiger partial charge in [-0.2, -0.15) is 0 Å². The van der Waals surface area contributed by atoms with Crippen LogP contribution in [-0.2, 0) is 0 Å². The van der Waals surface area contributed by atoms with Crippen LogP contribution in [0.5, 0.6) is 5.75 Å². The average Bonchev–Trinajstić information content (AvgIpc) is 2.55. The highest BCUT2D eigenvalue weighted by atomic mass is 16.5. The molecule has 0 aliphatic carbocycles. The minimum Gasteiger partial charge on any atom is -0.495 e. The molecule has 0 saturated carbocycles. The molecule has 0 aliphatic heterocycles. The molecule has 0 amide bonds. The van der Waals surface area contributed by atoms with E-state index in [1.807, 2.05) is 31.2 Å². The fourth-order valence-corrected chi connectivity index (χ4v) is 1.91. The van der Waals surface area contributed by atoms with Crippen molar-refractivity contribution in [1.82, 2.24) is 4.98 Å². The maximum absolute atomic E-state index is 12.2. The van der Waals surface area contributed by atoms with E-state index < -0.39 is 0 Å². The molecule has 1 heterocycles. The molecule has 2 rings (SSSR count). The molecule has 0 spiro atoms. The zero-order valence-electron chi connectivity index (χ0n) is 12.2. The lowest BCUT2D eigenvalue weighted by Crippen LogP contribution is -2.04. The van der Waals surface area contributed by atoms with Gasteiger partial charge in [0.2, 0.25) is 0 Å². The topological polar surface area (TPSA) is 51.2 Å². The van der Waals surface area contributed by atoms with Crippen molar-refractivity contribution in [3.05, 3.63) is 66.1 Å². The number of para-hydroxylation sites is 2. The maximum Gasteiger partial charge on any atom is 0.187 e. The number of anilines is 1. The summed E-state index contributed by atoms with van der Waals surface area (Å²) in [6.07, 6.45) is 5.55. The lowest BCUT2D eigenvalue weighted by molar-refractivity contribution is 0.104. The van der Waals surface area contributed by atoms with Crippen LogP contribution in [-0.4, -0.2) is 17.9 Å². The van der Waals surface area contributed by atoms with Crippen molar-refractivity contribution >= 4 is 11.5 Å². The Labute approximate surface area is 124 Å². The number of methoxy groups -OCH3 is 1. The molecule has 0 fully saturated rings. The van der Waals surface area contributed by atoms with Gasteiger partial charge in [0.1, 0.15) is 5.75 Å². The van der Waals surface area contributed by atoms with E-state index in [1.165, 1.54) is 0 Å². The van der Waals surface area contributed by atoms with Gasteiger partial charge in [0.15, 0.2) is 5.78 Å². The zero-order valence-corrected chi connectivity index (χ0v) is 12.2. The van der Waals surface area contributed by atoms with E-state index >= 15 is 0 Å². The van der Waals surface area contributed by atoms with Crippen LogP contribution in [0.15, 0.2) is 60.6 Å². The molecule has 0 aliphatic rings. The van der Waals surface area contributed by atoms with Crippen molar-refractivity contribution in [2.75, 3.05) is 12.4 Å². The van der Waals surface area contributed by atoms with E-state index in [9.17, 15) is 4.79 Å². The lowest BCUT2D eigenvalue weighted by Gasteiger charge is -2.12. The minimum atomic E-state index is -0.0448. The Morgan fingerprint density at radius 3 is 2.62 bits per heavy atom. The Morgan fingerprint density at radius 2 is 1.95 bits per heavy atom. The van der Waals surface area contributed by atoms with Crippen LogP contribution >= 0.6 is 0 Å². The van der Waals surface area contributed by atoms with Gasteiger partial charge in [-0.25, -0.2) is 0 Å². The van der Waals surface area contributed by atoms with Crippen LogP contribution in [0.3, 0.4) is 0 Å². The number of hydrogen-bond donors (Lipinski definition) is 1. The summed E-state index contributed by atoms with van der Waals surface area (Å²) in [5.41, 5.74) is 2.30. The molecule has 0 radical (unpaired) electrons. The number of nitrogens with one attached hydrogen (secondary N) is 1. The molecule has 4 heteroatoms. The number of hydrogen-bond acceptors (Lipinski definition) is 4. The Kier molecular flexibility index (Phi) is 5.10. The van der Waals surface area contributed by atoms with Gasteiger partial charge in [-0.05, 0) is 30.7 Å². The molecule has 108 valence electrons. The van der Waals surface area contributed by atoms with Gasteiger partial charge in [0, 0.05) is 29.7 Å². The third kappa shape index (κ3) is 3.92. The lowest BCUT2D eigenvalue weighted by atomic mass is 10.1. The van der Waals surface area contributed by atoms with Crippen molar-refractivity contribution in [2.24, 2.45) is 0 Å². The molecule has 0 bridgehead atoms. The second-order valence-electron chi connectivity index (χ2n) is 4.45. The first-order valence-corrected chi connectivity index (χ1v) is 6.79. The summed E-state index contributed by atoms with van der Waals surface area (Å²) in [5.74, 6) is 0.699. The van der Waals surface area contributed by atoms with Gasteiger partial charge >= 0.3 is 0 Å². The van der Waals surface area contributed by atoms with Crippen molar-refractivity contribution in [3.8, 4) is 5.75 Å². The quantitative estimate of drug-likeness (QED) is 0.648. The second-order valence-corrected chi connectivity index (χ2v) is 4.45. The monoisotopic (exact) mass is 282 g/mol. The van der Waals surface area contributed by atoms with E-state index in [0.717, 1.165) is 23.6 Å². The normalized spacial score (nSPS) is 11.0. The van der Waals surface area contributed by atoms with E-state index in [-0.39, 0.29) is 5.78 Å². The van der Waals surface area contributed by atoms with Crippen LogP contribution in [0.4, 0.5) is 5.69 Å². The molecular formula is C17H18N2O2. The number of allylic oxidation sites excluding steroid dienone is 2. The van der Waals surface area contributed by atoms with Crippen LogP contribution in [0.25, 0.3) is 0 Å². The van der Waals surface area contributed by atoms with Gasteiger partial charge in [0.25, 0.3) is 0 Å². The highest BCUT2D eigenvalue weighted by Crippen LogP contribution is 2.25. The predicted molar refractivity (Wildman–Crippen MR) is 83.6 cm³/mol. The number of carbonyl (C=O) groups is 1. The SMILES string of the molecule is CC/C(=C/C(=O)c1ccncc1)Nc1ccccc1OC. The standard InChI is InChI=1S/C17H18N2O2/c1-3-14(12-16(20)13-8-10-18-11-9-13)19-15-6-4-5-7-17(15)21-2/h4-12,19H,3H2,1-2H3/b14-12-. The first-order chi connectivity index (χ1) is 10.2. The Hall–Kier alpha value is -2.62. The molecule has 0 saturated heterocycles. The van der Waals surface area contributed by atoms with E-state index in [0.29, 0.717) is 5.56 Å². The largest absolute Gasteiger partial charge is 0.495 e. The van der Waals surface area contributed by atoms with Crippen LogP contribution < -0.4 is 10.1 Å². The minimum absolute atomic E-state index is 0.0448. The van der Waals surface area contributed by atoms with E-state index in [4.69, 9.17) is 4.74 Å². The highest BCUT2D eigenvalue weighted by Gasteiger charge is 2.06. The van der Waals surface area contributed by atoms with Gasteiger partial charge < -0.3 is 10.1 Å². The maximum atomic E-state index is 12.2. The Bertz CT molecular complexity index is 636. The van der Waals surface area contributed by atoms with Crippen molar-refractivity contribution in [3.63, 3.8) is 0 Å². The number of aromatic nitrogens is 1. The molecule has 4 nitrogen and oxygen atoms in total. The fourth-order valence-electron chi connectivity index (χ4n) is 1.91. The molecule has 0 atom stereocenters. The van der Waals surface area contributed by atoms with Crippen molar-refractivity contribution < 1.29 is 9.53 Å². The summed E-state index contributed by atoms with van der Waals surface area (Å²) in [7, 11) is 1.62. The molecule has 1 aromatic heterocycles. The first-order valence-electron chi connectivity index (χ1n) is 6.79. The van der Waals surface area contributed by atoms with Gasteiger partial charge in [-0.15, -0.1) is 0 Å². The number of ketones is 1. The molecule has 1 N–H and O–H groups in total.